The van der Waals surface area contributed by atoms with Gasteiger partial charge in [-0.15, -0.1) is 12.4 Å². The largest absolute Gasteiger partial charge is 0.365 e. The molecule has 0 aliphatic carbocycles. The highest BCUT2D eigenvalue weighted by molar-refractivity contribution is 7.22. The highest BCUT2D eigenvalue weighted by Crippen LogP contribution is 2.37. The number of anilines is 1. The number of nitrogens with zero attached hydrogens (tertiary/aromatic N) is 5. The first-order valence-electron chi connectivity index (χ1n) is 11.1. The minimum absolute atomic E-state index is 0. The second-order valence-corrected chi connectivity index (χ2v) is 10.1. The maximum atomic E-state index is 15.1. The summed E-state index contributed by atoms with van der Waals surface area (Å²) in [6, 6.07) is 6.41. The Labute approximate surface area is 205 Å². The predicted molar refractivity (Wildman–Crippen MR) is 133 cm³/mol. The van der Waals surface area contributed by atoms with Crippen LogP contribution in [0, 0.1) is 12.7 Å². The molecule has 5 heterocycles. The van der Waals surface area contributed by atoms with Gasteiger partial charge in [-0.25, -0.2) is 18.9 Å². The topological polar surface area (TPSA) is 101 Å². The predicted octanol–water partition coefficient (Wildman–Crippen LogP) is 3.69. The third-order valence-electron chi connectivity index (χ3n) is 6.84. The third-order valence-corrected chi connectivity index (χ3v) is 7.93. The standard InChI is InChI=1S/C23H24FN7OS.ClH/c1-11-10-31-22(26-11)16(21(25)32)9-18(29-31)12-5-17(24)20-19(6-12)33-23(28-20)30(2)15-7-13-3-4-14(8-15)27-13;/h5-6,9-10,13-15,27H,3-4,7-8H2,1-2H3,(H2,25,32);1H/t13-,14+,15-;. The number of rotatable bonds is 4. The molecule has 34 heavy (non-hydrogen) atoms. The van der Waals surface area contributed by atoms with Crippen molar-refractivity contribution < 1.29 is 9.18 Å². The Balaban J connectivity index is 0.00000241. The number of fused-ring (bicyclic) bond motifs is 4. The van der Waals surface area contributed by atoms with Crippen LogP contribution in [0.1, 0.15) is 41.7 Å². The molecule has 11 heteroatoms. The smallest absolute Gasteiger partial charge is 0.252 e. The summed E-state index contributed by atoms with van der Waals surface area (Å²) in [5, 5.41) is 9.03. The Hall–Kier alpha value is -2.82. The minimum atomic E-state index is -0.603. The fraction of sp³-hybridized carbons (Fsp3) is 0.391. The van der Waals surface area contributed by atoms with E-state index in [0.717, 1.165) is 22.7 Å². The number of hydrogen-bond acceptors (Lipinski definition) is 7. The van der Waals surface area contributed by atoms with Crippen LogP contribution in [0.3, 0.4) is 0 Å². The minimum Gasteiger partial charge on any atom is -0.365 e. The van der Waals surface area contributed by atoms with E-state index in [2.05, 4.69) is 32.3 Å². The molecular weight excluding hydrogens is 477 g/mol. The summed E-state index contributed by atoms with van der Waals surface area (Å²) in [5.74, 6) is -1.01. The van der Waals surface area contributed by atoms with Crippen LogP contribution in [0.15, 0.2) is 24.4 Å². The Morgan fingerprint density at radius 3 is 2.68 bits per heavy atom. The third kappa shape index (κ3) is 3.79. The summed E-state index contributed by atoms with van der Waals surface area (Å²) in [5.41, 5.74) is 8.30. The molecule has 1 amide bonds. The van der Waals surface area contributed by atoms with Gasteiger partial charge in [-0.3, -0.25) is 4.79 Å². The molecule has 3 N–H and O–H groups in total. The zero-order valence-corrected chi connectivity index (χ0v) is 20.4. The van der Waals surface area contributed by atoms with Gasteiger partial charge in [0.25, 0.3) is 5.91 Å². The van der Waals surface area contributed by atoms with Crippen LogP contribution in [0.25, 0.3) is 27.1 Å². The van der Waals surface area contributed by atoms with E-state index in [9.17, 15) is 4.79 Å². The van der Waals surface area contributed by atoms with Crippen LogP contribution in [-0.4, -0.2) is 50.7 Å². The number of benzene rings is 1. The summed E-state index contributed by atoms with van der Waals surface area (Å²) >= 11 is 1.48. The van der Waals surface area contributed by atoms with Gasteiger partial charge in [0.1, 0.15) is 5.52 Å². The van der Waals surface area contributed by atoms with Crippen molar-refractivity contribution in [3.63, 3.8) is 0 Å². The molecule has 8 nitrogen and oxygen atoms in total. The Kier molecular flexibility index (Phi) is 5.70. The zero-order chi connectivity index (χ0) is 22.9. The van der Waals surface area contributed by atoms with Gasteiger partial charge >= 0.3 is 0 Å². The maximum Gasteiger partial charge on any atom is 0.252 e. The average molecular weight is 502 g/mol. The zero-order valence-electron chi connectivity index (χ0n) is 18.8. The molecular formula is C23H25ClFN7OS. The monoisotopic (exact) mass is 501 g/mol. The van der Waals surface area contributed by atoms with Gasteiger partial charge in [0, 0.05) is 30.7 Å². The first-order valence-corrected chi connectivity index (χ1v) is 11.9. The molecule has 2 bridgehead atoms. The van der Waals surface area contributed by atoms with Crippen molar-refractivity contribution in [1.82, 2.24) is 24.9 Å². The molecule has 178 valence electrons. The van der Waals surface area contributed by atoms with E-state index in [1.54, 1.807) is 12.3 Å². The fourth-order valence-corrected chi connectivity index (χ4v) is 6.24. The van der Waals surface area contributed by atoms with E-state index in [0.29, 0.717) is 46.2 Å². The van der Waals surface area contributed by atoms with Gasteiger partial charge in [0.05, 0.1) is 27.8 Å². The first kappa shape index (κ1) is 22.9. The molecule has 2 aliphatic rings. The van der Waals surface area contributed by atoms with E-state index in [-0.39, 0.29) is 18.0 Å². The van der Waals surface area contributed by atoms with Crippen LogP contribution in [0.4, 0.5) is 9.52 Å². The fourth-order valence-electron chi connectivity index (χ4n) is 5.19. The van der Waals surface area contributed by atoms with Gasteiger partial charge in [-0.2, -0.15) is 5.10 Å². The number of carbonyl (C=O) groups excluding carboxylic acids is 1. The number of thiazole rings is 1. The van der Waals surface area contributed by atoms with E-state index in [4.69, 9.17) is 5.73 Å². The summed E-state index contributed by atoms with van der Waals surface area (Å²) < 4.78 is 17.4. The van der Waals surface area contributed by atoms with Gasteiger partial charge in [-0.05, 0) is 50.8 Å². The van der Waals surface area contributed by atoms with Crippen LogP contribution in [0.2, 0.25) is 0 Å². The highest BCUT2D eigenvalue weighted by atomic mass is 35.5. The van der Waals surface area contributed by atoms with Gasteiger partial charge < -0.3 is 16.0 Å². The average Bonchev–Trinajstić information content (AvgIpc) is 3.47. The SMILES string of the molecule is Cc1cn2nc(-c3cc(F)c4nc(N(C)[C@@H]5C[C@H]6CC[C@@H](C5)N6)sc4c3)cc(C(N)=O)c2n1.Cl. The van der Waals surface area contributed by atoms with E-state index in [1.165, 1.54) is 34.8 Å². The maximum absolute atomic E-state index is 15.1. The number of nitrogens with two attached hydrogens (primary N) is 1. The van der Waals surface area contributed by atoms with Crippen LogP contribution >= 0.6 is 23.7 Å². The number of nitrogens with one attached hydrogen (secondary N) is 1. The number of piperidine rings is 1. The quantitative estimate of drug-likeness (QED) is 0.442. The van der Waals surface area contributed by atoms with Crippen molar-refractivity contribution in [2.75, 3.05) is 11.9 Å². The van der Waals surface area contributed by atoms with Crippen molar-refractivity contribution in [3.8, 4) is 11.3 Å². The van der Waals surface area contributed by atoms with Crippen molar-refractivity contribution >= 4 is 50.6 Å². The number of primary amides is 1. The normalized spacial score (nSPS) is 21.7. The molecule has 2 fully saturated rings. The molecule has 6 rings (SSSR count). The van der Waals surface area contributed by atoms with Crippen LogP contribution < -0.4 is 16.0 Å². The molecule has 2 aliphatic heterocycles. The molecule has 1 aromatic carbocycles. The number of amides is 1. The second kappa shape index (κ2) is 8.44. The lowest BCUT2D eigenvalue weighted by molar-refractivity contribution is 0.100. The van der Waals surface area contributed by atoms with Crippen LogP contribution in [0.5, 0.6) is 0 Å². The molecule has 0 saturated carbocycles. The van der Waals surface area contributed by atoms with Crippen molar-refractivity contribution in [3.05, 3.63) is 41.5 Å². The van der Waals surface area contributed by atoms with E-state index in [1.807, 2.05) is 13.0 Å². The van der Waals surface area contributed by atoms with Gasteiger partial charge in [0.2, 0.25) is 0 Å². The summed E-state index contributed by atoms with van der Waals surface area (Å²) in [6.45, 7) is 1.81. The number of carbonyl (C=O) groups is 1. The van der Waals surface area contributed by atoms with Crippen molar-refractivity contribution in [2.24, 2.45) is 5.73 Å². The molecule has 4 aromatic rings. The van der Waals surface area contributed by atoms with Crippen LogP contribution in [-0.2, 0) is 0 Å². The van der Waals surface area contributed by atoms with E-state index < -0.39 is 11.7 Å². The number of hydrogen-bond donors (Lipinski definition) is 2. The molecule has 2 saturated heterocycles. The highest BCUT2D eigenvalue weighted by Gasteiger charge is 2.36. The molecule has 0 spiro atoms. The molecule has 3 aromatic heterocycles. The van der Waals surface area contributed by atoms with Gasteiger partial charge in [0.15, 0.2) is 16.6 Å². The number of halogens is 2. The lowest BCUT2D eigenvalue weighted by Gasteiger charge is -2.35. The lowest BCUT2D eigenvalue weighted by Crippen LogP contribution is -2.47. The summed E-state index contributed by atoms with van der Waals surface area (Å²) in [6.07, 6.45) is 6.34. The molecule has 0 unspecified atom stereocenters. The number of imidazole rings is 1. The molecule has 0 radical (unpaired) electrons. The Morgan fingerprint density at radius 1 is 1.24 bits per heavy atom. The van der Waals surface area contributed by atoms with E-state index >= 15 is 4.39 Å². The Bertz CT molecular complexity index is 1410. The van der Waals surface area contributed by atoms with Crippen molar-refractivity contribution in [2.45, 2.75) is 50.7 Å². The lowest BCUT2D eigenvalue weighted by atomic mass is 9.99. The second-order valence-electron chi connectivity index (χ2n) is 9.13. The number of aromatic nitrogens is 4. The van der Waals surface area contributed by atoms with Crippen molar-refractivity contribution in [1.29, 1.82) is 0 Å². The number of aryl methyl sites for hydroxylation is 1. The summed E-state index contributed by atoms with van der Waals surface area (Å²) in [7, 11) is 2.06. The Morgan fingerprint density at radius 2 is 1.97 bits per heavy atom. The molecule has 3 atom stereocenters. The van der Waals surface area contributed by atoms with Gasteiger partial charge in [-0.1, -0.05) is 11.3 Å². The first-order chi connectivity index (χ1) is 15.9. The summed E-state index contributed by atoms with van der Waals surface area (Å²) in [4.78, 5) is 23.2.